The van der Waals surface area contributed by atoms with Crippen LogP contribution in [0.25, 0.3) is 0 Å². The van der Waals surface area contributed by atoms with Crippen molar-refractivity contribution in [2.75, 3.05) is 30.8 Å². The Morgan fingerprint density at radius 2 is 1.70 bits per heavy atom. The van der Waals surface area contributed by atoms with Crippen molar-refractivity contribution in [2.45, 2.75) is 39.3 Å². The molecule has 8 nitrogen and oxygen atoms in total. The van der Waals surface area contributed by atoms with Crippen LogP contribution in [-0.4, -0.2) is 57.6 Å². The Morgan fingerprint density at radius 1 is 1.00 bits per heavy atom. The van der Waals surface area contributed by atoms with Crippen molar-refractivity contribution >= 4 is 39.1 Å². The summed E-state index contributed by atoms with van der Waals surface area (Å²) in [7, 11) is -2.44. The highest BCUT2D eigenvalue weighted by Gasteiger charge is 2.33. The summed E-state index contributed by atoms with van der Waals surface area (Å²) in [6.07, 6.45) is 2.02. The van der Waals surface area contributed by atoms with Crippen LogP contribution in [-0.2, 0) is 32.6 Å². The summed E-state index contributed by atoms with van der Waals surface area (Å²) in [5, 5.41) is 3.13. The fraction of sp³-hybridized carbons (Fsp3) is 0.333. The molecule has 0 aliphatic heterocycles. The van der Waals surface area contributed by atoms with Gasteiger partial charge in [0.05, 0.1) is 24.1 Å². The number of carbonyl (C=O) groups excluding carboxylic acids is 2. The lowest BCUT2D eigenvalue weighted by Crippen LogP contribution is -2.53. The van der Waals surface area contributed by atoms with Crippen molar-refractivity contribution in [3.8, 4) is 5.75 Å². The van der Waals surface area contributed by atoms with E-state index in [9.17, 15) is 18.0 Å². The van der Waals surface area contributed by atoms with Gasteiger partial charge in [0.1, 0.15) is 18.3 Å². The lowest BCUT2D eigenvalue weighted by molar-refractivity contribution is -0.140. The number of halogens is 1. The summed E-state index contributed by atoms with van der Waals surface area (Å²) in [4.78, 5) is 29.0. The minimum Gasteiger partial charge on any atom is -0.495 e. The molecule has 0 spiro atoms. The van der Waals surface area contributed by atoms with Crippen LogP contribution in [0.3, 0.4) is 0 Å². The first-order valence-electron chi connectivity index (χ1n) is 13.0. The largest absolute Gasteiger partial charge is 0.495 e. The molecular weight excluding hydrogens is 550 g/mol. The number of sulfonamides is 1. The number of carbonyl (C=O) groups is 2. The quantitative estimate of drug-likeness (QED) is 0.317. The maximum atomic E-state index is 14.1. The monoisotopic (exact) mass is 585 g/mol. The van der Waals surface area contributed by atoms with Gasteiger partial charge < -0.3 is 15.0 Å². The van der Waals surface area contributed by atoms with Crippen molar-refractivity contribution < 1.29 is 22.7 Å². The lowest BCUT2D eigenvalue weighted by Gasteiger charge is -2.33. The predicted octanol–water partition coefficient (Wildman–Crippen LogP) is 4.59. The van der Waals surface area contributed by atoms with Gasteiger partial charge in [-0.3, -0.25) is 13.9 Å². The Labute approximate surface area is 241 Å². The number of anilines is 1. The smallest absolute Gasteiger partial charge is 0.244 e. The van der Waals surface area contributed by atoms with Gasteiger partial charge in [0.15, 0.2) is 0 Å². The van der Waals surface area contributed by atoms with Crippen molar-refractivity contribution in [2.24, 2.45) is 0 Å². The van der Waals surface area contributed by atoms with E-state index in [0.29, 0.717) is 12.3 Å². The van der Waals surface area contributed by atoms with E-state index in [-0.39, 0.29) is 29.6 Å². The third kappa shape index (κ3) is 8.47. The average molecular weight is 586 g/mol. The van der Waals surface area contributed by atoms with E-state index in [1.54, 1.807) is 6.07 Å². The molecule has 0 fully saturated rings. The standard InChI is InChI=1S/C30H36ClN3O5S/c1-5-16-32-30(36)27(18-23-11-7-6-8-12-23)33(20-24-13-9-10-22(2)17-24)29(35)21-34(40(4,37)38)25-14-15-28(39-3)26(31)19-25/h6-15,17,19,27H,5,16,18,20-21H2,1-4H3,(H,32,36). The molecule has 1 N–H and O–H groups in total. The molecule has 3 aromatic rings. The summed E-state index contributed by atoms with van der Waals surface area (Å²) in [6.45, 7) is 3.96. The summed E-state index contributed by atoms with van der Waals surface area (Å²) in [5.41, 5.74) is 2.92. The van der Waals surface area contributed by atoms with Crippen LogP contribution in [0.4, 0.5) is 5.69 Å². The van der Waals surface area contributed by atoms with Gasteiger partial charge in [-0.25, -0.2) is 8.42 Å². The van der Waals surface area contributed by atoms with Gasteiger partial charge in [0.25, 0.3) is 0 Å². The summed E-state index contributed by atoms with van der Waals surface area (Å²) < 4.78 is 32.0. The number of aryl methyl sites for hydroxylation is 1. The number of nitrogens with zero attached hydrogens (tertiary/aromatic N) is 2. The normalized spacial score (nSPS) is 11.9. The number of rotatable bonds is 13. The van der Waals surface area contributed by atoms with Crippen LogP contribution in [0.2, 0.25) is 5.02 Å². The van der Waals surface area contributed by atoms with Crippen molar-refractivity contribution in [3.63, 3.8) is 0 Å². The zero-order valence-corrected chi connectivity index (χ0v) is 24.8. The molecule has 1 atom stereocenters. The van der Waals surface area contributed by atoms with Crippen LogP contribution in [0, 0.1) is 6.92 Å². The molecule has 10 heteroatoms. The molecule has 0 saturated carbocycles. The Kier molecular flexibility index (Phi) is 11.0. The molecule has 214 valence electrons. The van der Waals surface area contributed by atoms with Gasteiger partial charge in [-0.1, -0.05) is 78.7 Å². The van der Waals surface area contributed by atoms with E-state index in [1.165, 1.54) is 24.1 Å². The minimum atomic E-state index is -3.90. The highest BCUT2D eigenvalue weighted by Crippen LogP contribution is 2.30. The van der Waals surface area contributed by atoms with Crippen molar-refractivity contribution in [1.29, 1.82) is 0 Å². The highest BCUT2D eigenvalue weighted by atomic mass is 35.5. The molecular formula is C30H36ClN3O5S. The van der Waals surface area contributed by atoms with E-state index < -0.39 is 28.5 Å². The number of hydrogen-bond acceptors (Lipinski definition) is 5. The lowest BCUT2D eigenvalue weighted by atomic mass is 10.0. The van der Waals surface area contributed by atoms with E-state index in [0.717, 1.165) is 33.7 Å². The molecule has 0 saturated heterocycles. The summed E-state index contributed by atoms with van der Waals surface area (Å²) >= 11 is 6.28. The topological polar surface area (TPSA) is 96.0 Å². The Balaban J connectivity index is 2.05. The van der Waals surface area contributed by atoms with Crippen LogP contribution < -0.4 is 14.4 Å². The molecule has 0 aromatic heterocycles. The first-order chi connectivity index (χ1) is 19.0. The first kappa shape index (κ1) is 31.0. The average Bonchev–Trinajstić information content (AvgIpc) is 2.92. The second kappa shape index (κ2) is 14.2. The number of methoxy groups -OCH3 is 1. The molecule has 2 amide bonds. The van der Waals surface area contributed by atoms with Crippen molar-refractivity contribution in [1.82, 2.24) is 10.2 Å². The molecule has 0 radical (unpaired) electrons. The fourth-order valence-corrected chi connectivity index (χ4v) is 5.44. The molecule has 3 aromatic carbocycles. The molecule has 0 aliphatic rings. The maximum Gasteiger partial charge on any atom is 0.244 e. The third-order valence-corrected chi connectivity index (χ3v) is 7.79. The van der Waals surface area contributed by atoms with E-state index in [4.69, 9.17) is 16.3 Å². The Morgan fingerprint density at radius 3 is 2.30 bits per heavy atom. The molecule has 1 unspecified atom stereocenters. The minimum absolute atomic E-state index is 0.124. The Bertz CT molecular complexity index is 1420. The second-order valence-corrected chi connectivity index (χ2v) is 11.9. The third-order valence-electron chi connectivity index (χ3n) is 6.36. The van der Waals surface area contributed by atoms with Gasteiger partial charge in [-0.05, 0) is 42.7 Å². The number of benzene rings is 3. The number of nitrogens with one attached hydrogen (secondary N) is 1. The van der Waals surface area contributed by atoms with Gasteiger partial charge in [-0.2, -0.15) is 0 Å². The van der Waals surface area contributed by atoms with E-state index in [1.807, 2.05) is 68.4 Å². The maximum absolute atomic E-state index is 14.1. The molecule has 0 aliphatic carbocycles. The SMILES string of the molecule is CCCNC(=O)C(Cc1ccccc1)N(Cc1cccc(C)c1)C(=O)CN(c1ccc(OC)c(Cl)c1)S(C)(=O)=O. The Hall–Kier alpha value is -3.56. The second-order valence-electron chi connectivity index (χ2n) is 9.60. The molecule has 3 rings (SSSR count). The zero-order valence-electron chi connectivity index (χ0n) is 23.3. The first-order valence-corrected chi connectivity index (χ1v) is 15.2. The number of amides is 2. The molecule has 40 heavy (non-hydrogen) atoms. The molecule has 0 bridgehead atoms. The molecule has 0 heterocycles. The van der Waals surface area contributed by atoms with Crippen LogP contribution in [0.5, 0.6) is 5.75 Å². The van der Waals surface area contributed by atoms with Crippen molar-refractivity contribution in [3.05, 3.63) is 94.5 Å². The van der Waals surface area contributed by atoms with Gasteiger partial charge in [0.2, 0.25) is 21.8 Å². The number of hydrogen-bond donors (Lipinski definition) is 1. The zero-order chi connectivity index (χ0) is 29.3. The van der Waals surface area contributed by atoms with Gasteiger partial charge >= 0.3 is 0 Å². The number of ether oxygens (including phenoxy) is 1. The summed E-state index contributed by atoms with van der Waals surface area (Å²) in [6, 6.07) is 20.7. The van der Waals surface area contributed by atoms with Gasteiger partial charge in [-0.15, -0.1) is 0 Å². The van der Waals surface area contributed by atoms with E-state index in [2.05, 4.69) is 5.32 Å². The fourth-order valence-electron chi connectivity index (χ4n) is 4.35. The van der Waals surface area contributed by atoms with Crippen LogP contribution >= 0.6 is 11.6 Å². The van der Waals surface area contributed by atoms with E-state index >= 15 is 0 Å². The van der Waals surface area contributed by atoms with Crippen LogP contribution in [0.1, 0.15) is 30.0 Å². The predicted molar refractivity (Wildman–Crippen MR) is 159 cm³/mol. The summed E-state index contributed by atoms with van der Waals surface area (Å²) in [5.74, 6) is -0.446. The van der Waals surface area contributed by atoms with Crippen LogP contribution in [0.15, 0.2) is 72.8 Å². The highest BCUT2D eigenvalue weighted by molar-refractivity contribution is 7.92. The van der Waals surface area contributed by atoms with Gasteiger partial charge in [0, 0.05) is 19.5 Å².